The van der Waals surface area contributed by atoms with Crippen molar-refractivity contribution in [2.24, 2.45) is 4.99 Å². The van der Waals surface area contributed by atoms with Crippen LogP contribution in [0.2, 0.25) is 0 Å². The molecule has 0 fully saturated rings. The zero-order chi connectivity index (χ0) is 20.9. The predicted octanol–water partition coefficient (Wildman–Crippen LogP) is 5.02. The molecule has 2 atom stereocenters. The van der Waals surface area contributed by atoms with Gasteiger partial charge in [-0.3, -0.25) is 10.3 Å². The minimum Gasteiger partial charge on any atom is -0.508 e. The van der Waals surface area contributed by atoms with Gasteiger partial charge in [-0.25, -0.2) is 0 Å². The number of benzene rings is 3. The third kappa shape index (κ3) is 4.16. The Morgan fingerprint density at radius 2 is 1.67 bits per heavy atom. The second-order valence-corrected chi connectivity index (χ2v) is 7.16. The molecular formula is C25H26N2O3. The van der Waals surface area contributed by atoms with Crippen LogP contribution in [0.25, 0.3) is 0 Å². The molecule has 3 aromatic rings. The maximum Gasteiger partial charge on any atom is 0.129 e. The smallest absolute Gasteiger partial charge is 0.129 e. The molecule has 5 nitrogen and oxygen atoms in total. The zero-order valence-electron chi connectivity index (χ0n) is 17.2. The number of rotatable bonds is 6. The summed E-state index contributed by atoms with van der Waals surface area (Å²) in [7, 11) is 1.67. The Hall–Kier alpha value is -3.31. The van der Waals surface area contributed by atoms with Gasteiger partial charge in [-0.05, 0) is 48.9 Å². The Bertz CT molecular complexity index is 1030. The Kier molecular flexibility index (Phi) is 6.00. The first-order valence-electron chi connectivity index (χ1n) is 10.2. The number of phenols is 1. The summed E-state index contributed by atoms with van der Waals surface area (Å²) in [5.41, 5.74) is 3.83. The molecule has 5 heteroatoms. The van der Waals surface area contributed by atoms with E-state index in [-0.39, 0.29) is 18.0 Å². The van der Waals surface area contributed by atoms with Crippen molar-refractivity contribution in [3.8, 4) is 17.2 Å². The summed E-state index contributed by atoms with van der Waals surface area (Å²) in [4.78, 5) is 5.02. The van der Waals surface area contributed by atoms with E-state index in [4.69, 9.17) is 14.5 Å². The maximum absolute atomic E-state index is 10.5. The molecule has 2 N–H and O–H groups in total. The fourth-order valence-electron chi connectivity index (χ4n) is 3.82. The second kappa shape index (κ2) is 9.01. The largest absolute Gasteiger partial charge is 0.508 e. The molecular weight excluding hydrogens is 376 g/mol. The molecule has 3 aromatic carbocycles. The van der Waals surface area contributed by atoms with Crippen molar-refractivity contribution in [2.75, 3.05) is 13.7 Å². The third-order valence-corrected chi connectivity index (χ3v) is 5.29. The lowest BCUT2D eigenvalue weighted by Crippen LogP contribution is -2.33. The van der Waals surface area contributed by atoms with Gasteiger partial charge in [0.25, 0.3) is 0 Å². The van der Waals surface area contributed by atoms with Crippen molar-refractivity contribution >= 4 is 5.71 Å². The van der Waals surface area contributed by atoms with Crippen LogP contribution in [0, 0.1) is 0 Å². The number of para-hydroxylation sites is 2. The van der Waals surface area contributed by atoms with Crippen LogP contribution in [0.3, 0.4) is 0 Å². The number of hydrogen-bond acceptors (Lipinski definition) is 5. The normalized spacial score (nSPS) is 18.5. The Morgan fingerprint density at radius 3 is 2.37 bits per heavy atom. The summed E-state index contributed by atoms with van der Waals surface area (Å²) in [5.74, 6) is 1.90. The number of ether oxygens (including phenoxy) is 2. The fraction of sp³-hybridized carbons (Fsp3) is 0.240. The molecule has 0 spiro atoms. The topological polar surface area (TPSA) is 63.1 Å². The number of nitrogens with zero attached hydrogens (tertiary/aromatic N) is 1. The van der Waals surface area contributed by atoms with Crippen LogP contribution in [-0.2, 0) is 0 Å². The van der Waals surface area contributed by atoms with E-state index in [0.29, 0.717) is 13.0 Å². The first-order chi connectivity index (χ1) is 14.7. The summed E-state index contributed by atoms with van der Waals surface area (Å²) >= 11 is 0. The number of aromatic hydroxyl groups is 1. The lowest BCUT2D eigenvalue weighted by atomic mass is 9.93. The minimum atomic E-state index is -0.291. The molecule has 0 aromatic heterocycles. The van der Waals surface area contributed by atoms with Crippen LogP contribution >= 0.6 is 0 Å². The van der Waals surface area contributed by atoms with E-state index in [2.05, 4.69) is 5.32 Å². The lowest BCUT2D eigenvalue weighted by molar-refractivity contribution is 0.340. The van der Waals surface area contributed by atoms with Crippen molar-refractivity contribution in [1.82, 2.24) is 5.32 Å². The fourth-order valence-corrected chi connectivity index (χ4v) is 3.82. The van der Waals surface area contributed by atoms with E-state index in [1.54, 1.807) is 13.2 Å². The van der Waals surface area contributed by atoms with Gasteiger partial charge in [0.2, 0.25) is 0 Å². The van der Waals surface area contributed by atoms with Crippen LogP contribution in [-0.4, -0.2) is 24.5 Å². The molecule has 4 rings (SSSR count). The number of hydrogen-bond donors (Lipinski definition) is 2. The Balaban J connectivity index is 1.74. The average molecular weight is 402 g/mol. The summed E-state index contributed by atoms with van der Waals surface area (Å²) in [5, 5.41) is 14.0. The lowest BCUT2D eigenvalue weighted by Gasteiger charge is -2.31. The van der Waals surface area contributed by atoms with Crippen LogP contribution in [0.15, 0.2) is 77.8 Å². The van der Waals surface area contributed by atoms with Gasteiger partial charge in [-0.15, -0.1) is 0 Å². The number of methoxy groups -OCH3 is 1. The average Bonchev–Trinajstić information content (AvgIpc) is 2.80. The molecule has 0 radical (unpaired) electrons. The van der Waals surface area contributed by atoms with Gasteiger partial charge in [-0.2, -0.15) is 0 Å². The van der Waals surface area contributed by atoms with Crippen LogP contribution < -0.4 is 14.8 Å². The van der Waals surface area contributed by atoms with Crippen LogP contribution in [0.4, 0.5) is 0 Å². The number of aliphatic imine (C=N–C) groups is 1. The Labute approximate surface area is 177 Å². The summed E-state index contributed by atoms with van der Waals surface area (Å²) in [6.07, 6.45) is 0.373. The SMILES string of the molecule is CCOc1ccc(C2=NC(c3ccccc3OC)NC(c3ccccc3O)C2)cc1. The first kappa shape index (κ1) is 20.0. The second-order valence-electron chi connectivity index (χ2n) is 7.16. The van der Waals surface area contributed by atoms with Gasteiger partial charge in [0.1, 0.15) is 23.4 Å². The van der Waals surface area contributed by atoms with Crippen LogP contribution in [0.1, 0.15) is 42.2 Å². The van der Waals surface area contributed by atoms with Crippen molar-refractivity contribution in [3.63, 3.8) is 0 Å². The summed E-state index contributed by atoms with van der Waals surface area (Å²) < 4.78 is 11.1. The molecule has 0 amide bonds. The molecule has 0 aliphatic carbocycles. The van der Waals surface area contributed by atoms with E-state index >= 15 is 0 Å². The standard InChI is InChI=1S/C25H26N2O3/c1-3-30-18-14-12-17(13-15-18)21-16-22(19-8-4-6-10-23(19)28)27-25(26-21)20-9-5-7-11-24(20)29-2/h4-15,22,25,27-28H,3,16H2,1-2H3. The van der Waals surface area contributed by atoms with Crippen molar-refractivity contribution in [2.45, 2.75) is 25.6 Å². The Morgan fingerprint density at radius 1 is 0.967 bits per heavy atom. The van der Waals surface area contributed by atoms with E-state index < -0.39 is 0 Å². The predicted molar refractivity (Wildman–Crippen MR) is 118 cm³/mol. The highest BCUT2D eigenvalue weighted by Gasteiger charge is 2.28. The number of phenolic OH excluding ortho intramolecular Hbond substituents is 1. The monoisotopic (exact) mass is 402 g/mol. The van der Waals surface area contributed by atoms with Gasteiger partial charge < -0.3 is 14.6 Å². The minimum absolute atomic E-state index is 0.0832. The highest BCUT2D eigenvalue weighted by atomic mass is 16.5. The van der Waals surface area contributed by atoms with E-state index in [9.17, 15) is 5.11 Å². The molecule has 30 heavy (non-hydrogen) atoms. The highest BCUT2D eigenvalue weighted by Crippen LogP contribution is 2.36. The molecule has 2 unspecified atom stereocenters. The highest BCUT2D eigenvalue weighted by molar-refractivity contribution is 6.01. The molecule has 1 heterocycles. The summed E-state index contributed by atoms with van der Waals surface area (Å²) in [6.45, 7) is 2.61. The first-order valence-corrected chi connectivity index (χ1v) is 10.2. The van der Waals surface area contributed by atoms with E-state index in [0.717, 1.165) is 33.9 Å². The van der Waals surface area contributed by atoms with E-state index in [1.807, 2.05) is 73.7 Å². The molecule has 1 aliphatic heterocycles. The number of nitrogens with one attached hydrogen (secondary N) is 1. The van der Waals surface area contributed by atoms with Crippen LogP contribution in [0.5, 0.6) is 17.2 Å². The third-order valence-electron chi connectivity index (χ3n) is 5.29. The van der Waals surface area contributed by atoms with Crippen molar-refractivity contribution in [1.29, 1.82) is 0 Å². The van der Waals surface area contributed by atoms with Gasteiger partial charge >= 0.3 is 0 Å². The molecule has 154 valence electrons. The molecule has 1 aliphatic rings. The van der Waals surface area contributed by atoms with Crippen molar-refractivity contribution in [3.05, 3.63) is 89.5 Å². The summed E-state index contributed by atoms with van der Waals surface area (Å²) in [6, 6.07) is 23.3. The zero-order valence-corrected chi connectivity index (χ0v) is 17.2. The van der Waals surface area contributed by atoms with Gasteiger partial charge in [0.05, 0.1) is 13.7 Å². The quantitative estimate of drug-likeness (QED) is 0.608. The maximum atomic E-state index is 10.5. The molecule has 0 saturated heterocycles. The molecule has 0 saturated carbocycles. The van der Waals surface area contributed by atoms with Gasteiger partial charge in [0.15, 0.2) is 0 Å². The van der Waals surface area contributed by atoms with Crippen molar-refractivity contribution < 1.29 is 14.6 Å². The van der Waals surface area contributed by atoms with Gasteiger partial charge in [0, 0.05) is 29.3 Å². The molecule has 0 bridgehead atoms. The van der Waals surface area contributed by atoms with Gasteiger partial charge in [-0.1, -0.05) is 36.4 Å². The van der Waals surface area contributed by atoms with E-state index in [1.165, 1.54) is 0 Å².